The number of hydrogen-bond donors (Lipinski definition) is 0. The molecule has 0 spiro atoms. The van der Waals surface area contributed by atoms with Gasteiger partial charge < -0.3 is 0 Å². The summed E-state index contributed by atoms with van der Waals surface area (Å²) < 4.78 is 0. The van der Waals surface area contributed by atoms with E-state index in [4.69, 9.17) is 0 Å². The Kier molecular flexibility index (Phi) is 4.36. The van der Waals surface area contributed by atoms with Gasteiger partial charge in [0.1, 0.15) is 16.6 Å². The van der Waals surface area contributed by atoms with Crippen LogP contribution in [-0.2, 0) is 6.42 Å². The van der Waals surface area contributed by atoms with Gasteiger partial charge in [-0.05, 0) is 25.0 Å². The highest BCUT2D eigenvalue weighted by molar-refractivity contribution is 8.00. The zero-order valence-corrected chi connectivity index (χ0v) is 13.0. The van der Waals surface area contributed by atoms with Crippen LogP contribution in [0.3, 0.4) is 0 Å². The molecule has 0 N–H and O–H groups in total. The van der Waals surface area contributed by atoms with Gasteiger partial charge in [0.05, 0.1) is 11.6 Å². The van der Waals surface area contributed by atoms with E-state index in [1.165, 1.54) is 22.9 Å². The second-order valence-electron chi connectivity index (χ2n) is 5.12. The predicted octanol–water partition coefficient (Wildman–Crippen LogP) is 4.17. The van der Waals surface area contributed by atoms with Crippen LogP contribution in [0.25, 0.3) is 10.9 Å². The molecule has 0 aliphatic carbocycles. The van der Waals surface area contributed by atoms with Crippen molar-refractivity contribution in [1.82, 2.24) is 9.97 Å². The summed E-state index contributed by atoms with van der Waals surface area (Å²) in [4.78, 5) is 8.61. The molecule has 0 saturated carbocycles. The maximum atomic E-state index is 9.46. The van der Waals surface area contributed by atoms with Gasteiger partial charge >= 0.3 is 0 Å². The Morgan fingerprint density at radius 1 is 1.09 bits per heavy atom. The Morgan fingerprint density at radius 2 is 1.86 bits per heavy atom. The summed E-state index contributed by atoms with van der Waals surface area (Å²) in [7, 11) is 0. The lowest BCUT2D eigenvalue weighted by molar-refractivity contribution is 1.01. The molecule has 0 fully saturated rings. The van der Waals surface area contributed by atoms with Crippen LogP contribution in [0.1, 0.15) is 11.1 Å². The fraction of sp³-hybridized carbons (Fsp3) is 0.167. The fourth-order valence-electron chi connectivity index (χ4n) is 2.26. The molecule has 1 atom stereocenters. The molecule has 0 aliphatic rings. The highest BCUT2D eigenvalue weighted by atomic mass is 32.2. The van der Waals surface area contributed by atoms with E-state index < -0.39 is 0 Å². The molecule has 0 unspecified atom stereocenters. The van der Waals surface area contributed by atoms with Crippen LogP contribution < -0.4 is 0 Å². The number of nitrogens with zero attached hydrogens (tertiary/aromatic N) is 3. The van der Waals surface area contributed by atoms with Crippen LogP contribution in [0.5, 0.6) is 0 Å². The smallest absolute Gasteiger partial charge is 0.117 e. The topological polar surface area (TPSA) is 49.6 Å². The van der Waals surface area contributed by atoms with E-state index >= 15 is 0 Å². The lowest BCUT2D eigenvalue weighted by atomic mass is 10.1. The van der Waals surface area contributed by atoms with Crippen molar-refractivity contribution in [1.29, 1.82) is 5.26 Å². The molecule has 1 aromatic heterocycles. The molecule has 0 bridgehead atoms. The van der Waals surface area contributed by atoms with Crippen molar-refractivity contribution < 1.29 is 0 Å². The minimum Gasteiger partial charge on any atom is -0.236 e. The molecule has 0 saturated heterocycles. The number of aromatic nitrogens is 2. The van der Waals surface area contributed by atoms with E-state index in [9.17, 15) is 5.26 Å². The third-order valence-corrected chi connectivity index (χ3v) is 4.55. The van der Waals surface area contributed by atoms with Crippen molar-refractivity contribution in [3.05, 3.63) is 66.0 Å². The third-order valence-electron chi connectivity index (χ3n) is 3.45. The summed E-state index contributed by atoms with van der Waals surface area (Å²) in [5, 5.41) is 11.2. The summed E-state index contributed by atoms with van der Waals surface area (Å²) in [6, 6.07) is 18.6. The van der Waals surface area contributed by atoms with Crippen LogP contribution in [0, 0.1) is 18.3 Å². The minimum atomic E-state index is -0.166. The Morgan fingerprint density at radius 3 is 2.64 bits per heavy atom. The molecule has 3 nitrogen and oxygen atoms in total. The van der Waals surface area contributed by atoms with Gasteiger partial charge in [0, 0.05) is 5.39 Å². The van der Waals surface area contributed by atoms with Crippen LogP contribution >= 0.6 is 11.8 Å². The number of fused-ring (bicyclic) bond motifs is 1. The van der Waals surface area contributed by atoms with Crippen LogP contribution in [0.4, 0.5) is 0 Å². The number of aryl methyl sites for hydroxylation is 1. The van der Waals surface area contributed by atoms with Crippen molar-refractivity contribution in [2.24, 2.45) is 0 Å². The number of rotatable bonds is 4. The first-order valence-corrected chi connectivity index (χ1v) is 7.96. The quantitative estimate of drug-likeness (QED) is 0.536. The molecule has 0 aliphatic heterocycles. The standard InChI is InChI=1S/C18H15N3S/c1-13-6-8-14(9-7-13)10-15(11-19)22-18-16-4-2-3-5-17(16)20-12-21-18/h2-9,12,15H,10H2,1H3/t15-/m0/s1. The molecule has 3 aromatic rings. The molecule has 0 radical (unpaired) electrons. The monoisotopic (exact) mass is 305 g/mol. The van der Waals surface area contributed by atoms with E-state index in [0.29, 0.717) is 6.42 Å². The molecule has 3 rings (SSSR count). The van der Waals surface area contributed by atoms with Crippen molar-refractivity contribution in [2.75, 3.05) is 0 Å². The van der Waals surface area contributed by atoms with Gasteiger partial charge in [0.25, 0.3) is 0 Å². The zero-order chi connectivity index (χ0) is 15.4. The van der Waals surface area contributed by atoms with E-state index in [1.54, 1.807) is 6.33 Å². The van der Waals surface area contributed by atoms with Gasteiger partial charge in [-0.1, -0.05) is 59.8 Å². The fourth-order valence-corrected chi connectivity index (χ4v) is 3.27. The van der Waals surface area contributed by atoms with E-state index in [1.807, 2.05) is 24.3 Å². The predicted molar refractivity (Wildman–Crippen MR) is 89.7 cm³/mol. The number of benzene rings is 2. The molecule has 0 amide bonds. The zero-order valence-electron chi connectivity index (χ0n) is 12.2. The molecular weight excluding hydrogens is 290 g/mol. The van der Waals surface area contributed by atoms with E-state index in [2.05, 4.69) is 47.2 Å². The van der Waals surface area contributed by atoms with Gasteiger partial charge in [-0.3, -0.25) is 0 Å². The maximum Gasteiger partial charge on any atom is 0.117 e. The Hall–Kier alpha value is -2.38. The van der Waals surface area contributed by atoms with Gasteiger partial charge in [0.2, 0.25) is 0 Å². The molecule has 4 heteroatoms. The van der Waals surface area contributed by atoms with Crippen LogP contribution in [0.15, 0.2) is 59.9 Å². The first-order chi connectivity index (χ1) is 10.8. The van der Waals surface area contributed by atoms with Crippen molar-refractivity contribution in [3.8, 4) is 6.07 Å². The molecule has 108 valence electrons. The lowest BCUT2D eigenvalue weighted by Crippen LogP contribution is -2.04. The Labute approximate surface area is 134 Å². The number of hydrogen-bond acceptors (Lipinski definition) is 4. The SMILES string of the molecule is Cc1ccc(C[C@@H](C#N)Sc2ncnc3ccccc23)cc1. The van der Waals surface area contributed by atoms with Crippen molar-refractivity contribution in [3.63, 3.8) is 0 Å². The number of para-hydroxylation sites is 1. The van der Waals surface area contributed by atoms with Gasteiger partial charge in [-0.15, -0.1) is 0 Å². The third kappa shape index (κ3) is 3.26. The normalized spacial score (nSPS) is 12.0. The van der Waals surface area contributed by atoms with Crippen molar-refractivity contribution >= 4 is 22.7 Å². The highest BCUT2D eigenvalue weighted by Crippen LogP contribution is 2.29. The minimum absolute atomic E-state index is 0.166. The Balaban J connectivity index is 1.83. The average molecular weight is 305 g/mol. The van der Waals surface area contributed by atoms with Gasteiger partial charge in [0.15, 0.2) is 0 Å². The van der Waals surface area contributed by atoms with Gasteiger partial charge in [-0.2, -0.15) is 5.26 Å². The lowest BCUT2D eigenvalue weighted by Gasteiger charge is -2.10. The maximum absolute atomic E-state index is 9.46. The molecule has 22 heavy (non-hydrogen) atoms. The molecule has 1 heterocycles. The number of thioether (sulfide) groups is 1. The average Bonchev–Trinajstić information content (AvgIpc) is 2.56. The van der Waals surface area contributed by atoms with Crippen LogP contribution in [0.2, 0.25) is 0 Å². The summed E-state index contributed by atoms with van der Waals surface area (Å²) >= 11 is 1.51. The largest absolute Gasteiger partial charge is 0.236 e. The number of nitriles is 1. The van der Waals surface area contributed by atoms with Crippen LogP contribution in [-0.4, -0.2) is 15.2 Å². The van der Waals surface area contributed by atoms with E-state index in [0.717, 1.165) is 15.9 Å². The first kappa shape index (κ1) is 14.6. The van der Waals surface area contributed by atoms with Gasteiger partial charge in [-0.25, -0.2) is 9.97 Å². The van der Waals surface area contributed by atoms with Crippen molar-refractivity contribution in [2.45, 2.75) is 23.6 Å². The summed E-state index contributed by atoms with van der Waals surface area (Å²) in [5.41, 5.74) is 3.31. The Bertz CT molecular complexity index is 816. The second kappa shape index (κ2) is 6.59. The first-order valence-electron chi connectivity index (χ1n) is 7.08. The summed E-state index contributed by atoms with van der Waals surface area (Å²) in [6.07, 6.45) is 2.27. The molecule has 2 aromatic carbocycles. The summed E-state index contributed by atoms with van der Waals surface area (Å²) in [5.74, 6) is 0. The van der Waals surface area contributed by atoms with E-state index in [-0.39, 0.29) is 5.25 Å². The second-order valence-corrected chi connectivity index (χ2v) is 6.31. The molecular formula is C18H15N3S. The summed E-state index contributed by atoms with van der Waals surface area (Å²) in [6.45, 7) is 2.06. The highest BCUT2D eigenvalue weighted by Gasteiger charge is 2.14.